The Morgan fingerprint density at radius 2 is 1.79 bits per heavy atom. The van der Waals surface area contributed by atoms with Crippen molar-refractivity contribution in [3.63, 3.8) is 0 Å². The van der Waals surface area contributed by atoms with Crippen LogP contribution in [-0.4, -0.2) is 31.9 Å². The second-order valence-electron chi connectivity index (χ2n) is 5.56. The third-order valence-corrected chi connectivity index (χ3v) is 5.70. The highest BCUT2D eigenvalue weighted by Gasteiger charge is 2.20. The zero-order valence-corrected chi connectivity index (χ0v) is 15.5. The van der Waals surface area contributed by atoms with Gasteiger partial charge in [0.2, 0.25) is 10.0 Å². The SMILES string of the molecule is Cc1ccc(NC(=S)NCc2ccccc2)cc1S(=O)(=O)N(C)C. The van der Waals surface area contributed by atoms with E-state index >= 15 is 0 Å². The Morgan fingerprint density at radius 1 is 1.12 bits per heavy atom. The van der Waals surface area contributed by atoms with Gasteiger partial charge >= 0.3 is 0 Å². The maximum Gasteiger partial charge on any atom is 0.242 e. The Bertz CT molecular complexity index is 819. The van der Waals surface area contributed by atoms with Crippen molar-refractivity contribution in [3.8, 4) is 0 Å². The fourth-order valence-corrected chi connectivity index (χ4v) is 3.44. The van der Waals surface area contributed by atoms with Crippen LogP contribution in [0.3, 0.4) is 0 Å². The minimum atomic E-state index is -3.49. The topological polar surface area (TPSA) is 61.4 Å². The molecule has 0 aliphatic carbocycles. The van der Waals surface area contributed by atoms with Gasteiger partial charge in [-0.3, -0.25) is 0 Å². The van der Waals surface area contributed by atoms with E-state index in [9.17, 15) is 8.42 Å². The van der Waals surface area contributed by atoms with Crippen LogP contribution in [0.5, 0.6) is 0 Å². The second kappa shape index (κ2) is 7.74. The predicted octanol–water partition coefficient (Wildman–Crippen LogP) is 2.73. The van der Waals surface area contributed by atoms with Crippen LogP contribution in [0.15, 0.2) is 53.4 Å². The molecule has 0 unspecified atom stereocenters. The molecule has 0 bridgehead atoms. The van der Waals surface area contributed by atoms with Gasteiger partial charge in [0.05, 0.1) is 4.90 Å². The molecular formula is C17H21N3O2S2. The van der Waals surface area contributed by atoms with Crippen molar-refractivity contribution in [2.75, 3.05) is 19.4 Å². The number of thiocarbonyl (C=S) groups is 1. The zero-order valence-electron chi connectivity index (χ0n) is 13.9. The van der Waals surface area contributed by atoms with E-state index in [2.05, 4.69) is 10.6 Å². The summed E-state index contributed by atoms with van der Waals surface area (Å²) >= 11 is 5.27. The number of benzene rings is 2. The number of hydrogen-bond donors (Lipinski definition) is 2. The number of sulfonamides is 1. The molecule has 0 aliphatic heterocycles. The molecule has 7 heteroatoms. The van der Waals surface area contributed by atoms with E-state index in [0.717, 1.165) is 5.56 Å². The van der Waals surface area contributed by atoms with Gasteiger partial charge in [-0.05, 0) is 42.4 Å². The van der Waals surface area contributed by atoms with Crippen molar-refractivity contribution in [1.82, 2.24) is 9.62 Å². The lowest BCUT2D eigenvalue weighted by Gasteiger charge is -2.16. The van der Waals surface area contributed by atoms with Gasteiger partial charge in [-0.2, -0.15) is 0 Å². The zero-order chi connectivity index (χ0) is 17.7. The molecule has 24 heavy (non-hydrogen) atoms. The number of nitrogens with one attached hydrogen (secondary N) is 2. The first-order chi connectivity index (χ1) is 11.3. The molecule has 2 rings (SSSR count). The fraction of sp³-hybridized carbons (Fsp3) is 0.235. The Labute approximate surface area is 148 Å². The van der Waals surface area contributed by atoms with E-state index in [-0.39, 0.29) is 4.90 Å². The van der Waals surface area contributed by atoms with Crippen LogP contribution in [0.4, 0.5) is 5.69 Å². The summed E-state index contributed by atoms with van der Waals surface area (Å²) in [5.41, 5.74) is 2.44. The molecule has 0 aliphatic rings. The highest BCUT2D eigenvalue weighted by atomic mass is 32.2. The van der Waals surface area contributed by atoms with E-state index in [4.69, 9.17) is 12.2 Å². The molecule has 2 aromatic rings. The summed E-state index contributed by atoms with van der Waals surface area (Å²) in [5, 5.41) is 6.57. The van der Waals surface area contributed by atoms with Gasteiger partial charge in [0.25, 0.3) is 0 Å². The van der Waals surface area contributed by atoms with Crippen molar-refractivity contribution in [2.24, 2.45) is 0 Å². The standard InChI is InChI=1S/C17H21N3O2S2/c1-13-9-10-15(11-16(13)24(21,22)20(2)3)19-17(23)18-12-14-7-5-4-6-8-14/h4-11H,12H2,1-3H3,(H2,18,19,23). The summed E-state index contributed by atoms with van der Waals surface area (Å²) in [7, 11) is -0.462. The summed E-state index contributed by atoms with van der Waals surface area (Å²) in [6.07, 6.45) is 0. The predicted molar refractivity (Wildman–Crippen MR) is 102 cm³/mol. The van der Waals surface area contributed by atoms with Crippen molar-refractivity contribution in [1.29, 1.82) is 0 Å². The molecule has 0 aromatic heterocycles. The maximum atomic E-state index is 12.4. The molecule has 2 aromatic carbocycles. The number of nitrogens with zero attached hydrogens (tertiary/aromatic N) is 1. The summed E-state index contributed by atoms with van der Waals surface area (Å²) in [4.78, 5) is 0.267. The van der Waals surface area contributed by atoms with Gasteiger partial charge in [0.1, 0.15) is 0 Å². The van der Waals surface area contributed by atoms with Gasteiger partial charge in [-0.25, -0.2) is 12.7 Å². The third kappa shape index (κ3) is 4.53. The quantitative estimate of drug-likeness (QED) is 0.800. The van der Waals surface area contributed by atoms with Crippen LogP contribution in [0.2, 0.25) is 0 Å². The van der Waals surface area contributed by atoms with Crippen LogP contribution >= 0.6 is 12.2 Å². The third-order valence-electron chi connectivity index (χ3n) is 3.50. The molecule has 0 fully saturated rings. The van der Waals surface area contributed by atoms with Gasteiger partial charge in [-0.1, -0.05) is 36.4 Å². The first-order valence-electron chi connectivity index (χ1n) is 7.42. The second-order valence-corrected chi connectivity index (χ2v) is 8.09. The Morgan fingerprint density at radius 3 is 2.42 bits per heavy atom. The lowest BCUT2D eigenvalue weighted by Crippen LogP contribution is -2.28. The van der Waals surface area contributed by atoms with Gasteiger partial charge in [0, 0.05) is 26.3 Å². The van der Waals surface area contributed by atoms with Gasteiger partial charge in [0.15, 0.2) is 5.11 Å². The number of anilines is 1. The Kier molecular flexibility index (Phi) is 5.93. The molecule has 0 radical (unpaired) electrons. The van der Waals surface area contributed by atoms with Crippen molar-refractivity contribution in [2.45, 2.75) is 18.4 Å². The lowest BCUT2D eigenvalue weighted by atomic mass is 10.2. The average molecular weight is 364 g/mol. The summed E-state index contributed by atoms with van der Waals surface area (Å²) < 4.78 is 25.9. The molecule has 2 N–H and O–H groups in total. The molecular weight excluding hydrogens is 342 g/mol. The summed E-state index contributed by atoms with van der Waals surface area (Å²) in [5.74, 6) is 0. The van der Waals surface area contributed by atoms with Crippen LogP contribution in [-0.2, 0) is 16.6 Å². The Hall–Kier alpha value is -1.96. The monoisotopic (exact) mass is 363 g/mol. The van der Waals surface area contributed by atoms with Gasteiger partial charge in [-0.15, -0.1) is 0 Å². The van der Waals surface area contributed by atoms with Crippen LogP contribution < -0.4 is 10.6 Å². The lowest BCUT2D eigenvalue weighted by molar-refractivity contribution is 0.520. The minimum absolute atomic E-state index is 0.267. The van der Waals surface area contributed by atoms with Gasteiger partial charge < -0.3 is 10.6 Å². The first kappa shape index (κ1) is 18.4. The van der Waals surface area contributed by atoms with Crippen LogP contribution in [0.1, 0.15) is 11.1 Å². The van der Waals surface area contributed by atoms with Crippen LogP contribution in [0, 0.1) is 6.92 Å². The normalized spacial score (nSPS) is 11.3. The van der Waals surface area contributed by atoms with E-state index in [1.54, 1.807) is 25.1 Å². The number of aryl methyl sites for hydroxylation is 1. The summed E-state index contributed by atoms with van der Waals surface area (Å²) in [6, 6.07) is 15.1. The fourth-order valence-electron chi connectivity index (χ4n) is 2.11. The Balaban J connectivity index is 2.09. The van der Waals surface area contributed by atoms with Crippen molar-refractivity contribution in [3.05, 3.63) is 59.7 Å². The van der Waals surface area contributed by atoms with E-state index < -0.39 is 10.0 Å². The van der Waals surface area contributed by atoms with E-state index in [1.807, 2.05) is 30.3 Å². The average Bonchev–Trinajstić information content (AvgIpc) is 2.55. The molecule has 0 amide bonds. The van der Waals surface area contributed by atoms with Crippen molar-refractivity contribution >= 4 is 33.0 Å². The minimum Gasteiger partial charge on any atom is -0.358 e. The molecule has 5 nitrogen and oxygen atoms in total. The molecule has 128 valence electrons. The van der Waals surface area contributed by atoms with Crippen LogP contribution in [0.25, 0.3) is 0 Å². The molecule has 0 saturated carbocycles. The molecule has 0 saturated heterocycles. The molecule has 0 spiro atoms. The highest BCUT2D eigenvalue weighted by molar-refractivity contribution is 7.89. The van der Waals surface area contributed by atoms with E-state index in [0.29, 0.717) is 22.9 Å². The number of hydrogen-bond acceptors (Lipinski definition) is 3. The van der Waals surface area contributed by atoms with E-state index in [1.165, 1.54) is 18.4 Å². The largest absolute Gasteiger partial charge is 0.358 e. The molecule has 0 heterocycles. The highest BCUT2D eigenvalue weighted by Crippen LogP contribution is 2.22. The maximum absolute atomic E-state index is 12.4. The van der Waals surface area contributed by atoms with Crippen molar-refractivity contribution < 1.29 is 8.42 Å². The first-order valence-corrected chi connectivity index (χ1v) is 9.27. The number of rotatable bonds is 5. The molecule has 0 atom stereocenters. The smallest absolute Gasteiger partial charge is 0.242 e. The summed E-state index contributed by atoms with van der Waals surface area (Å²) in [6.45, 7) is 2.37.